The van der Waals surface area contributed by atoms with E-state index in [2.05, 4.69) is 20.4 Å². The minimum atomic E-state index is -0.590. The quantitative estimate of drug-likeness (QED) is 0.701. The van der Waals surface area contributed by atoms with Crippen LogP contribution in [-0.2, 0) is 4.79 Å². The van der Waals surface area contributed by atoms with E-state index >= 15 is 0 Å². The number of nitrogens with one attached hydrogen (secondary N) is 1. The Kier molecular flexibility index (Phi) is 4.33. The van der Waals surface area contributed by atoms with Gasteiger partial charge in [0.05, 0.1) is 16.3 Å². The van der Waals surface area contributed by atoms with Gasteiger partial charge in [0, 0.05) is 22.5 Å². The van der Waals surface area contributed by atoms with E-state index < -0.39 is 11.9 Å². The maximum Gasteiger partial charge on any atom is 0.248 e. The highest BCUT2D eigenvalue weighted by atomic mass is 35.5. The average Bonchev–Trinajstić information content (AvgIpc) is 3.04. The van der Waals surface area contributed by atoms with E-state index in [4.69, 9.17) is 28.9 Å². The van der Waals surface area contributed by atoms with Gasteiger partial charge in [-0.15, -0.1) is 5.10 Å². The van der Waals surface area contributed by atoms with Gasteiger partial charge < -0.3 is 11.1 Å². The summed E-state index contributed by atoms with van der Waals surface area (Å²) in [7, 11) is 0. The van der Waals surface area contributed by atoms with Crippen LogP contribution < -0.4 is 11.1 Å². The minimum Gasteiger partial charge on any atom is -0.366 e. The lowest BCUT2D eigenvalue weighted by Gasteiger charge is -2.26. The molecule has 1 aliphatic heterocycles. The van der Waals surface area contributed by atoms with Gasteiger partial charge >= 0.3 is 0 Å². The number of carbonyl (C=O) groups is 1. The highest BCUT2D eigenvalue weighted by Crippen LogP contribution is 2.36. The predicted octanol–water partition coefficient (Wildman–Crippen LogP) is 3.42. The van der Waals surface area contributed by atoms with Crippen LogP contribution in [0.2, 0.25) is 10.0 Å². The Labute approximate surface area is 164 Å². The number of aromatic nitrogens is 4. The van der Waals surface area contributed by atoms with Crippen molar-refractivity contribution >= 4 is 35.1 Å². The molecule has 2 aromatic heterocycles. The second kappa shape index (κ2) is 6.68. The fourth-order valence-electron chi connectivity index (χ4n) is 3.07. The highest BCUT2D eigenvalue weighted by Gasteiger charge is 2.34. The van der Waals surface area contributed by atoms with Crippen molar-refractivity contribution in [2.75, 3.05) is 5.32 Å². The second-order valence-corrected chi connectivity index (χ2v) is 6.86. The monoisotopic (exact) mass is 400 g/mol. The number of hydrogen-bond acceptors (Lipinski definition) is 5. The molecule has 0 bridgehead atoms. The third-order valence-corrected chi connectivity index (χ3v) is 4.81. The van der Waals surface area contributed by atoms with E-state index in [0.29, 0.717) is 44.3 Å². The highest BCUT2D eigenvalue weighted by molar-refractivity contribution is 6.36. The fourth-order valence-corrected chi connectivity index (χ4v) is 3.56. The maximum atomic E-state index is 12.1. The summed E-state index contributed by atoms with van der Waals surface area (Å²) in [6, 6.07) is 9.94. The molecule has 0 aliphatic carbocycles. The molecule has 7 nitrogen and oxygen atoms in total. The van der Waals surface area contributed by atoms with Gasteiger partial charge in [-0.1, -0.05) is 29.3 Å². The molecular weight excluding hydrogens is 387 g/mol. The van der Waals surface area contributed by atoms with E-state index in [9.17, 15) is 4.79 Å². The zero-order valence-electron chi connectivity index (χ0n) is 14.1. The molecule has 9 heteroatoms. The zero-order valence-corrected chi connectivity index (χ0v) is 15.7. The van der Waals surface area contributed by atoms with Crippen LogP contribution in [0.25, 0.3) is 11.4 Å². The first kappa shape index (κ1) is 17.5. The third kappa shape index (κ3) is 3.05. The van der Waals surface area contributed by atoms with Crippen molar-refractivity contribution in [1.29, 1.82) is 0 Å². The summed E-state index contributed by atoms with van der Waals surface area (Å²) in [6.45, 7) is 1.77. The van der Waals surface area contributed by atoms with Gasteiger partial charge in [-0.25, -0.2) is 4.68 Å². The first-order valence-electron chi connectivity index (χ1n) is 8.06. The van der Waals surface area contributed by atoms with Crippen molar-refractivity contribution in [3.63, 3.8) is 0 Å². The number of anilines is 1. The summed E-state index contributed by atoms with van der Waals surface area (Å²) >= 11 is 12.3. The van der Waals surface area contributed by atoms with Crippen molar-refractivity contribution in [3.8, 4) is 11.4 Å². The number of nitrogens with zero attached hydrogens (tertiary/aromatic N) is 4. The van der Waals surface area contributed by atoms with Gasteiger partial charge in [-0.2, -0.15) is 4.98 Å². The number of primary amides is 1. The summed E-state index contributed by atoms with van der Waals surface area (Å²) in [6.07, 6.45) is 1.65. The number of pyridine rings is 1. The molecule has 0 saturated heterocycles. The molecule has 3 aromatic rings. The van der Waals surface area contributed by atoms with E-state index in [1.807, 2.05) is 12.1 Å². The first-order chi connectivity index (χ1) is 13.0. The lowest BCUT2D eigenvalue weighted by atomic mass is 9.99. The molecule has 136 valence electrons. The Balaban J connectivity index is 1.89. The Hall–Kier alpha value is -2.90. The van der Waals surface area contributed by atoms with Crippen LogP contribution in [0.5, 0.6) is 0 Å². The zero-order chi connectivity index (χ0) is 19.1. The fraction of sp³-hybridized carbons (Fsp3) is 0.111. The Bertz CT molecular complexity index is 1080. The van der Waals surface area contributed by atoms with Crippen molar-refractivity contribution < 1.29 is 4.79 Å². The lowest BCUT2D eigenvalue weighted by molar-refractivity contribution is -0.115. The SMILES string of the molecule is CC1=C(C(N)=O)C(c2ccccn2)n2nc(-c3ccc(Cl)cc3Cl)nc2N1. The number of halogens is 2. The number of fused-ring (bicyclic) bond motifs is 1. The summed E-state index contributed by atoms with van der Waals surface area (Å²) in [5.74, 6) is 0.315. The molecule has 3 N–H and O–H groups in total. The summed E-state index contributed by atoms with van der Waals surface area (Å²) in [5, 5.41) is 8.60. The third-order valence-electron chi connectivity index (χ3n) is 4.26. The summed E-state index contributed by atoms with van der Waals surface area (Å²) < 4.78 is 1.59. The molecule has 27 heavy (non-hydrogen) atoms. The van der Waals surface area contributed by atoms with Crippen molar-refractivity contribution in [1.82, 2.24) is 19.7 Å². The normalized spacial score (nSPS) is 16.0. The largest absolute Gasteiger partial charge is 0.366 e. The number of hydrogen-bond donors (Lipinski definition) is 2. The molecule has 0 spiro atoms. The van der Waals surface area contributed by atoms with Crippen LogP contribution >= 0.6 is 23.2 Å². The Morgan fingerprint density at radius 3 is 2.74 bits per heavy atom. The number of benzene rings is 1. The molecular formula is C18H14Cl2N6O. The van der Waals surface area contributed by atoms with Crippen LogP contribution in [-0.4, -0.2) is 25.7 Å². The van der Waals surface area contributed by atoms with Crippen molar-refractivity contribution in [3.05, 3.63) is 69.6 Å². The van der Waals surface area contributed by atoms with Crippen LogP contribution in [0, 0.1) is 0 Å². The summed E-state index contributed by atoms with van der Waals surface area (Å²) in [5.41, 5.74) is 7.88. The number of carbonyl (C=O) groups excluding carboxylic acids is 1. The molecule has 4 rings (SSSR count). The second-order valence-electron chi connectivity index (χ2n) is 6.01. The van der Waals surface area contributed by atoms with E-state index in [-0.39, 0.29) is 0 Å². The number of nitrogens with two attached hydrogens (primary N) is 1. The summed E-state index contributed by atoms with van der Waals surface area (Å²) in [4.78, 5) is 21.0. The molecule has 3 heterocycles. The number of allylic oxidation sites excluding steroid dienone is 1. The predicted molar refractivity (Wildman–Crippen MR) is 103 cm³/mol. The van der Waals surface area contributed by atoms with E-state index in [1.54, 1.807) is 42.1 Å². The van der Waals surface area contributed by atoms with Gasteiger partial charge in [0.15, 0.2) is 5.82 Å². The molecule has 1 unspecified atom stereocenters. The van der Waals surface area contributed by atoms with Crippen molar-refractivity contribution in [2.45, 2.75) is 13.0 Å². The molecule has 0 saturated carbocycles. The maximum absolute atomic E-state index is 12.1. The Morgan fingerprint density at radius 2 is 2.07 bits per heavy atom. The smallest absolute Gasteiger partial charge is 0.248 e. The van der Waals surface area contributed by atoms with Crippen LogP contribution in [0.3, 0.4) is 0 Å². The molecule has 1 amide bonds. The van der Waals surface area contributed by atoms with Crippen LogP contribution in [0.4, 0.5) is 5.95 Å². The van der Waals surface area contributed by atoms with Gasteiger partial charge in [-0.05, 0) is 37.3 Å². The number of rotatable bonds is 3. The van der Waals surface area contributed by atoms with E-state index in [0.717, 1.165) is 0 Å². The minimum absolute atomic E-state index is 0.375. The average molecular weight is 401 g/mol. The van der Waals surface area contributed by atoms with Crippen molar-refractivity contribution in [2.24, 2.45) is 5.73 Å². The van der Waals surface area contributed by atoms with Gasteiger partial charge in [0.25, 0.3) is 0 Å². The molecule has 1 atom stereocenters. The topological polar surface area (TPSA) is 98.7 Å². The lowest BCUT2D eigenvalue weighted by Crippen LogP contribution is -2.32. The first-order valence-corrected chi connectivity index (χ1v) is 8.82. The Morgan fingerprint density at radius 1 is 1.26 bits per heavy atom. The van der Waals surface area contributed by atoms with E-state index in [1.165, 1.54) is 0 Å². The van der Waals surface area contributed by atoms with Crippen LogP contribution in [0.1, 0.15) is 18.7 Å². The molecule has 1 aromatic carbocycles. The molecule has 0 radical (unpaired) electrons. The standard InChI is InChI=1S/C18H14Cl2N6O/c1-9-14(16(21)27)15(13-4-2-3-7-22-13)26-18(23-9)24-17(25-26)11-6-5-10(19)8-12(11)20/h2-8,15H,1H3,(H2,21,27)(H,23,24,25). The number of amides is 1. The van der Waals surface area contributed by atoms with Gasteiger partial charge in [0.1, 0.15) is 6.04 Å². The van der Waals surface area contributed by atoms with Gasteiger partial charge in [0.2, 0.25) is 11.9 Å². The van der Waals surface area contributed by atoms with Gasteiger partial charge in [-0.3, -0.25) is 9.78 Å². The molecule has 0 fully saturated rings. The van der Waals surface area contributed by atoms with Crippen LogP contribution in [0.15, 0.2) is 53.9 Å². The molecule has 1 aliphatic rings.